The normalized spacial score (nSPS) is 11.0. The van der Waals surface area contributed by atoms with Crippen LogP contribution in [0.25, 0.3) is 17.0 Å². The van der Waals surface area contributed by atoms with Crippen LogP contribution in [0.1, 0.15) is 0 Å². The maximum atomic E-state index is 6.16. The Balaban J connectivity index is 2.36. The van der Waals surface area contributed by atoms with Gasteiger partial charge in [-0.25, -0.2) is 0 Å². The molecule has 0 bridgehead atoms. The second-order valence-electron chi connectivity index (χ2n) is 3.65. The van der Waals surface area contributed by atoms with Crippen molar-refractivity contribution in [2.75, 3.05) is 5.73 Å². The number of benzene rings is 1. The third-order valence-corrected chi connectivity index (χ3v) is 3.22. The Bertz CT molecular complexity index is 737. The number of nitrogen functional groups attached to an aromatic ring is 1. The molecule has 0 amide bonds. The molecule has 18 heavy (non-hydrogen) atoms. The third kappa shape index (κ3) is 1.60. The molecule has 0 fully saturated rings. The number of hydrogen-bond acceptors (Lipinski definition) is 4. The molecule has 3 rings (SSSR count). The summed E-state index contributed by atoms with van der Waals surface area (Å²) in [7, 11) is 0. The molecular weight excluding hydrogens is 273 g/mol. The van der Waals surface area contributed by atoms with Crippen molar-refractivity contribution in [2.45, 2.75) is 0 Å². The van der Waals surface area contributed by atoms with Crippen molar-refractivity contribution >= 4 is 34.5 Å². The van der Waals surface area contributed by atoms with E-state index >= 15 is 0 Å². The van der Waals surface area contributed by atoms with E-state index in [0.29, 0.717) is 32.8 Å². The number of rotatable bonds is 1. The first-order valence-electron chi connectivity index (χ1n) is 5.07. The van der Waals surface area contributed by atoms with Crippen LogP contribution in [0.4, 0.5) is 5.69 Å². The summed E-state index contributed by atoms with van der Waals surface area (Å²) in [6, 6.07) is 3.32. The van der Waals surface area contributed by atoms with Crippen molar-refractivity contribution in [1.82, 2.24) is 19.6 Å². The zero-order valence-corrected chi connectivity index (χ0v) is 10.5. The van der Waals surface area contributed by atoms with Gasteiger partial charge in [0.2, 0.25) is 0 Å². The summed E-state index contributed by atoms with van der Waals surface area (Å²) in [6.45, 7) is 0. The highest BCUT2D eigenvalue weighted by Gasteiger charge is 2.16. The predicted octanol–water partition coefficient (Wildman–Crippen LogP) is 2.68. The molecule has 0 aliphatic rings. The van der Waals surface area contributed by atoms with Gasteiger partial charge in [-0.1, -0.05) is 23.2 Å². The number of aromatic nitrogens is 4. The summed E-state index contributed by atoms with van der Waals surface area (Å²) < 4.78 is 1.75. The highest BCUT2D eigenvalue weighted by Crippen LogP contribution is 2.36. The number of halogens is 2. The lowest BCUT2D eigenvalue weighted by atomic mass is 10.1. The SMILES string of the molecule is Nc1c(Cl)ccc(Cl)c1-c1nnc2cnccn12. The minimum Gasteiger partial charge on any atom is -0.397 e. The van der Waals surface area contributed by atoms with Crippen molar-refractivity contribution in [3.05, 3.63) is 40.8 Å². The van der Waals surface area contributed by atoms with Crippen molar-refractivity contribution in [3.8, 4) is 11.4 Å². The fourth-order valence-corrected chi connectivity index (χ4v) is 2.13. The van der Waals surface area contributed by atoms with Gasteiger partial charge in [-0.2, -0.15) is 0 Å². The molecule has 0 saturated heterocycles. The molecular formula is C11H7Cl2N5. The minimum atomic E-state index is 0.385. The van der Waals surface area contributed by atoms with Gasteiger partial charge in [0.25, 0.3) is 0 Å². The molecule has 2 heterocycles. The topological polar surface area (TPSA) is 69.1 Å². The molecule has 90 valence electrons. The number of hydrogen-bond donors (Lipinski definition) is 1. The number of nitrogens with two attached hydrogens (primary N) is 1. The second kappa shape index (κ2) is 4.12. The smallest absolute Gasteiger partial charge is 0.179 e. The second-order valence-corrected chi connectivity index (χ2v) is 4.46. The van der Waals surface area contributed by atoms with E-state index in [4.69, 9.17) is 28.9 Å². The molecule has 0 aliphatic carbocycles. The monoisotopic (exact) mass is 279 g/mol. The first-order valence-corrected chi connectivity index (χ1v) is 5.82. The summed E-state index contributed by atoms with van der Waals surface area (Å²) in [5.74, 6) is 0.539. The fourth-order valence-electron chi connectivity index (χ4n) is 1.72. The van der Waals surface area contributed by atoms with E-state index in [9.17, 15) is 0 Å². The Kier molecular flexibility index (Phi) is 2.57. The van der Waals surface area contributed by atoms with Gasteiger partial charge in [-0.15, -0.1) is 10.2 Å². The van der Waals surface area contributed by atoms with Crippen LogP contribution in [0.2, 0.25) is 10.0 Å². The van der Waals surface area contributed by atoms with Crippen molar-refractivity contribution in [3.63, 3.8) is 0 Å². The Morgan fingerprint density at radius 1 is 1.11 bits per heavy atom. The average molecular weight is 280 g/mol. The van der Waals surface area contributed by atoms with Gasteiger partial charge in [-0.05, 0) is 12.1 Å². The largest absolute Gasteiger partial charge is 0.397 e. The molecule has 7 heteroatoms. The van der Waals surface area contributed by atoms with Crippen molar-refractivity contribution in [1.29, 1.82) is 0 Å². The van der Waals surface area contributed by atoms with E-state index in [0.717, 1.165) is 0 Å². The molecule has 0 aliphatic heterocycles. The Morgan fingerprint density at radius 2 is 1.89 bits per heavy atom. The molecule has 0 unspecified atom stereocenters. The van der Waals surface area contributed by atoms with E-state index in [1.165, 1.54) is 0 Å². The van der Waals surface area contributed by atoms with Crippen LogP contribution in [0.3, 0.4) is 0 Å². The number of nitrogens with zero attached hydrogens (tertiary/aromatic N) is 4. The zero-order valence-electron chi connectivity index (χ0n) is 9.01. The molecule has 0 saturated carbocycles. The van der Waals surface area contributed by atoms with Crippen LogP contribution in [-0.4, -0.2) is 19.6 Å². The molecule has 1 aromatic carbocycles. The summed E-state index contributed by atoms with van der Waals surface area (Å²) in [5.41, 5.74) is 7.52. The molecule has 0 atom stereocenters. The Morgan fingerprint density at radius 3 is 2.72 bits per heavy atom. The van der Waals surface area contributed by atoms with E-state index < -0.39 is 0 Å². The molecule has 3 aromatic rings. The van der Waals surface area contributed by atoms with Crippen molar-refractivity contribution in [2.24, 2.45) is 0 Å². The van der Waals surface area contributed by atoms with Crippen LogP contribution in [0, 0.1) is 0 Å². The number of fused-ring (bicyclic) bond motifs is 1. The van der Waals surface area contributed by atoms with E-state index in [-0.39, 0.29) is 0 Å². The van der Waals surface area contributed by atoms with Crippen LogP contribution in [0.5, 0.6) is 0 Å². The van der Waals surface area contributed by atoms with E-state index in [1.54, 1.807) is 35.1 Å². The summed E-state index contributed by atoms with van der Waals surface area (Å²) in [5, 5.41) is 8.98. The molecule has 5 nitrogen and oxygen atoms in total. The van der Waals surface area contributed by atoms with Gasteiger partial charge >= 0.3 is 0 Å². The highest BCUT2D eigenvalue weighted by molar-refractivity contribution is 6.37. The molecule has 2 aromatic heterocycles. The van der Waals surface area contributed by atoms with Crippen LogP contribution in [-0.2, 0) is 0 Å². The fraction of sp³-hybridized carbons (Fsp3) is 0. The van der Waals surface area contributed by atoms with Gasteiger partial charge in [-0.3, -0.25) is 9.38 Å². The van der Waals surface area contributed by atoms with E-state index in [1.807, 2.05) is 0 Å². The highest BCUT2D eigenvalue weighted by atomic mass is 35.5. The van der Waals surface area contributed by atoms with Gasteiger partial charge in [0.15, 0.2) is 11.5 Å². The van der Waals surface area contributed by atoms with Crippen LogP contribution in [0.15, 0.2) is 30.7 Å². The molecule has 2 N–H and O–H groups in total. The zero-order chi connectivity index (χ0) is 12.7. The first-order chi connectivity index (χ1) is 8.68. The Labute approximate surface area is 112 Å². The van der Waals surface area contributed by atoms with Gasteiger partial charge < -0.3 is 5.73 Å². The average Bonchev–Trinajstić information content (AvgIpc) is 2.79. The van der Waals surface area contributed by atoms with E-state index in [2.05, 4.69) is 15.2 Å². The minimum absolute atomic E-state index is 0.385. The van der Waals surface area contributed by atoms with Gasteiger partial charge in [0.1, 0.15) is 0 Å². The summed E-state index contributed by atoms with van der Waals surface area (Å²) in [4.78, 5) is 3.97. The lowest BCUT2D eigenvalue weighted by molar-refractivity contribution is 1.11. The van der Waals surface area contributed by atoms with Crippen molar-refractivity contribution < 1.29 is 0 Å². The lowest BCUT2D eigenvalue weighted by Gasteiger charge is -2.07. The quantitative estimate of drug-likeness (QED) is 0.696. The predicted molar refractivity (Wildman–Crippen MR) is 70.7 cm³/mol. The molecule has 0 spiro atoms. The molecule has 0 radical (unpaired) electrons. The van der Waals surface area contributed by atoms with Crippen LogP contribution < -0.4 is 5.73 Å². The van der Waals surface area contributed by atoms with Crippen LogP contribution >= 0.6 is 23.2 Å². The first kappa shape index (κ1) is 11.3. The van der Waals surface area contributed by atoms with Gasteiger partial charge in [0, 0.05) is 12.4 Å². The summed E-state index contributed by atoms with van der Waals surface area (Å²) in [6.07, 6.45) is 4.97. The maximum absolute atomic E-state index is 6.16. The lowest BCUT2D eigenvalue weighted by Crippen LogP contribution is -1.96. The standard InChI is InChI=1S/C11H7Cl2N5/c12-6-1-2-7(13)10(14)9(6)11-17-16-8-5-15-3-4-18(8)11/h1-5H,14H2. The summed E-state index contributed by atoms with van der Waals surface area (Å²) >= 11 is 12.2. The third-order valence-electron chi connectivity index (χ3n) is 2.58. The van der Waals surface area contributed by atoms with Gasteiger partial charge in [0.05, 0.1) is 27.5 Å². The Hall–Kier alpha value is -1.85. The number of anilines is 1. The maximum Gasteiger partial charge on any atom is 0.179 e.